The summed E-state index contributed by atoms with van der Waals surface area (Å²) >= 11 is 0. The van der Waals surface area contributed by atoms with Crippen LogP contribution in [0.5, 0.6) is 0 Å². The Morgan fingerprint density at radius 2 is 1.23 bits per heavy atom. The zero-order chi connectivity index (χ0) is 10.3. The molecule has 0 saturated heterocycles. The lowest BCUT2D eigenvalue weighted by molar-refractivity contribution is -0.932. The average Bonchev–Trinajstić information content (AvgIpc) is 2.05. The third-order valence-electron chi connectivity index (χ3n) is 2.57. The maximum Gasteiger partial charge on any atom is 0.0977 e. The molecule has 13 heavy (non-hydrogen) atoms. The third kappa shape index (κ3) is 3.19. The molecule has 1 heteroatoms. The molecule has 0 saturated carbocycles. The summed E-state index contributed by atoms with van der Waals surface area (Å²) in [5.41, 5.74) is 0. The van der Waals surface area contributed by atoms with Crippen molar-refractivity contribution < 1.29 is 4.48 Å². The van der Waals surface area contributed by atoms with Crippen LogP contribution in [0.15, 0.2) is 38.0 Å². The standard InChI is InChI=1S/C12H22N/c1-6-9-13(10-7-2,11-8-3)12(4)5/h6-8,12H,1-3,9-11H2,4-5H3/q+1. The fraction of sp³-hybridized carbons (Fsp3) is 0.500. The predicted octanol–water partition coefficient (Wildman–Crippen LogP) is 2.77. The van der Waals surface area contributed by atoms with E-state index in [4.69, 9.17) is 0 Å². The van der Waals surface area contributed by atoms with Gasteiger partial charge >= 0.3 is 0 Å². The van der Waals surface area contributed by atoms with Gasteiger partial charge in [-0.2, -0.15) is 0 Å². The van der Waals surface area contributed by atoms with E-state index in [2.05, 4.69) is 33.6 Å². The molecule has 0 aromatic carbocycles. The minimum absolute atomic E-state index is 0.578. The highest BCUT2D eigenvalue weighted by molar-refractivity contribution is 4.77. The molecule has 0 unspecified atom stereocenters. The fourth-order valence-electron chi connectivity index (χ4n) is 1.63. The molecule has 0 aliphatic heterocycles. The molecule has 0 rings (SSSR count). The first-order valence-electron chi connectivity index (χ1n) is 4.81. The van der Waals surface area contributed by atoms with Crippen LogP contribution in [0, 0.1) is 0 Å². The van der Waals surface area contributed by atoms with E-state index in [1.54, 1.807) is 0 Å². The van der Waals surface area contributed by atoms with E-state index >= 15 is 0 Å². The van der Waals surface area contributed by atoms with Crippen LogP contribution < -0.4 is 0 Å². The number of quaternary nitrogens is 1. The molecule has 0 fully saturated rings. The van der Waals surface area contributed by atoms with Crippen molar-refractivity contribution in [2.45, 2.75) is 19.9 Å². The number of hydrogen-bond acceptors (Lipinski definition) is 0. The van der Waals surface area contributed by atoms with E-state index in [9.17, 15) is 0 Å². The molecule has 0 aromatic rings. The summed E-state index contributed by atoms with van der Waals surface area (Å²) in [7, 11) is 0. The first-order valence-corrected chi connectivity index (χ1v) is 4.81. The molecule has 0 radical (unpaired) electrons. The van der Waals surface area contributed by atoms with Gasteiger partial charge < -0.3 is 4.48 Å². The molecule has 1 nitrogen and oxygen atoms in total. The SMILES string of the molecule is C=CC[N+](CC=C)(CC=C)C(C)C. The number of nitrogens with zero attached hydrogens (tertiary/aromatic N) is 1. The van der Waals surface area contributed by atoms with Gasteiger partial charge in [0.05, 0.1) is 25.7 Å². The Balaban J connectivity index is 4.65. The second kappa shape index (κ2) is 5.76. The lowest BCUT2D eigenvalue weighted by Crippen LogP contribution is -2.53. The van der Waals surface area contributed by atoms with Gasteiger partial charge in [0.1, 0.15) is 0 Å². The van der Waals surface area contributed by atoms with Crippen molar-refractivity contribution in [3.8, 4) is 0 Å². The van der Waals surface area contributed by atoms with Crippen LogP contribution in [-0.4, -0.2) is 30.2 Å². The molecule has 0 atom stereocenters. The molecular weight excluding hydrogens is 158 g/mol. The van der Waals surface area contributed by atoms with Crippen LogP contribution >= 0.6 is 0 Å². The summed E-state index contributed by atoms with van der Waals surface area (Å²) in [5, 5.41) is 0. The normalized spacial score (nSPS) is 11.3. The van der Waals surface area contributed by atoms with Gasteiger partial charge in [0.25, 0.3) is 0 Å². The van der Waals surface area contributed by atoms with E-state index in [0.717, 1.165) is 24.1 Å². The molecular formula is C12H22N+. The summed E-state index contributed by atoms with van der Waals surface area (Å²) in [5.74, 6) is 0. The van der Waals surface area contributed by atoms with Gasteiger partial charge in [-0.25, -0.2) is 0 Å². The lowest BCUT2D eigenvalue weighted by Gasteiger charge is -2.40. The van der Waals surface area contributed by atoms with Crippen molar-refractivity contribution in [1.29, 1.82) is 0 Å². The Kier molecular flexibility index (Phi) is 5.40. The van der Waals surface area contributed by atoms with Crippen molar-refractivity contribution in [2.24, 2.45) is 0 Å². The minimum atomic E-state index is 0.578. The molecule has 0 heterocycles. The number of rotatable bonds is 7. The summed E-state index contributed by atoms with van der Waals surface area (Å²) in [6.07, 6.45) is 5.94. The Bertz CT molecular complexity index is 153. The van der Waals surface area contributed by atoms with E-state index in [-0.39, 0.29) is 0 Å². The predicted molar refractivity (Wildman–Crippen MR) is 60.6 cm³/mol. The first kappa shape index (κ1) is 12.2. The van der Waals surface area contributed by atoms with Gasteiger partial charge in [-0.3, -0.25) is 0 Å². The highest BCUT2D eigenvalue weighted by Crippen LogP contribution is 2.13. The maximum absolute atomic E-state index is 3.81. The van der Waals surface area contributed by atoms with Crippen LogP contribution in [0.25, 0.3) is 0 Å². The Morgan fingerprint density at radius 3 is 1.38 bits per heavy atom. The average molecular weight is 180 g/mol. The summed E-state index contributed by atoms with van der Waals surface area (Å²) < 4.78 is 0.983. The zero-order valence-corrected chi connectivity index (χ0v) is 9.00. The smallest absolute Gasteiger partial charge is 0.0977 e. The van der Waals surface area contributed by atoms with Crippen molar-refractivity contribution >= 4 is 0 Å². The van der Waals surface area contributed by atoms with Gasteiger partial charge in [-0.05, 0) is 32.1 Å². The zero-order valence-electron chi connectivity index (χ0n) is 9.00. The molecule has 0 aromatic heterocycles. The van der Waals surface area contributed by atoms with Gasteiger partial charge in [-0.1, -0.05) is 19.7 Å². The Morgan fingerprint density at radius 1 is 0.923 bits per heavy atom. The monoisotopic (exact) mass is 180 g/mol. The van der Waals surface area contributed by atoms with Crippen molar-refractivity contribution in [3.63, 3.8) is 0 Å². The van der Waals surface area contributed by atoms with Crippen molar-refractivity contribution in [3.05, 3.63) is 38.0 Å². The van der Waals surface area contributed by atoms with Crippen LogP contribution in [-0.2, 0) is 0 Å². The molecule has 0 aliphatic rings. The highest BCUT2D eigenvalue weighted by Gasteiger charge is 2.26. The maximum atomic E-state index is 3.81. The third-order valence-corrected chi connectivity index (χ3v) is 2.57. The van der Waals surface area contributed by atoms with E-state index in [1.165, 1.54) is 0 Å². The molecule has 0 aliphatic carbocycles. The molecule has 0 amide bonds. The van der Waals surface area contributed by atoms with Gasteiger partial charge in [0, 0.05) is 0 Å². The lowest BCUT2D eigenvalue weighted by atomic mass is 10.2. The molecule has 0 N–H and O–H groups in total. The first-order chi connectivity index (χ1) is 6.13. The molecule has 0 bridgehead atoms. The Hall–Kier alpha value is -0.820. The molecule has 74 valence electrons. The summed E-state index contributed by atoms with van der Waals surface area (Å²) in [4.78, 5) is 0. The second-order valence-corrected chi connectivity index (χ2v) is 3.73. The topological polar surface area (TPSA) is 0 Å². The van der Waals surface area contributed by atoms with Gasteiger partial charge in [0.2, 0.25) is 0 Å². The fourth-order valence-corrected chi connectivity index (χ4v) is 1.63. The van der Waals surface area contributed by atoms with E-state index in [0.29, 0.717) is 6.04 Å². The minimum Gasteiger partial charge on any atom is -0.312 e. The van der Waals surface area contributed by atoms with Gasteiger partial charge in [0.15, 0.2) is 0 Å². The quantitative estimate of drug-likeness (QED) is 0.417. The highest BCUT2D eigenvalue weighted by atomic mass is 15.4. The second-order valence-electron chi connectivity index (χ2n) is 3.73. The van der Waals surface area contributed by atoms with E-state index in [1.807, 2.05) is 18.2 Å². The summed E-state index contributed by atoms with van der Waals surface area (Å²) in [6.45, 7) is 18.8. The summed E-state index contributed by atoms with van der Waals surface area (Å²) in [6, 6.07) is 0.578. The number of hydrogen-bond donors (Lipinski definition) is 0. The largest absolute Gasteiger partial charge is 0.312 e. The Labute approximate surface area is 82.7 Å². The van der Waals surface area contributed by atoms with Crippen molar-refractivity contribution in [1.82, 2.24) is 0 Å². The van der Waals surface area contributed by atoms with E-state index < -0.39 is 0 Å². The van der Waals surface area contributed by atoms with Crippen LogP contribution in [0.1, 0.15) is 13.8 Å². The van der Waals surface area contributed by atoms with Crippen LogP contribution in [0.2, 0.25) is 0 Å². The van der Waals surface area contributed by atoms with Crippen LogP contribution in [0.3, 0.4) is 0 Å². The van der Waals surface area contributed by atoms with Crippen LogP contribution in [0.4, 0.5) is 0 Å². The van der Waals surface area contributed by atoms with Crippen molar-refractivity contribution in [2.75, 3.05) is 19.6 Å². The van der Waals surface area contributed by atoms with Gasteiger partial charge in [-0.15, -0.1) is 0 Å². The molecule has 0 spiro atoms.